The van der Waals surface area contributed by atoms with E-state index in [9.17, 15) is 27.6 Å². The van der Waals surface area contributed by atoms with Gasteiger partial charge in [0.15, 0.2) is 11.6 Å². The molecule has 0 spiro atoms. The summed E-state index contributed by atoms with van der Waals surface area (Å²) < 4.78 is 40.0. The van der Waals surface area contributed by atoms with Gasteiger partial charge in [-0.2, -0.15) is 0 Å². The average Bonchev–Trinajstić information content (AvgIpc) is 3.19. The minimum absolute atomic E-state index is 0.0170. The van der Waals surface area contributed by atoms with Crippen LogP contribution in [0.4, 0.5) is 13.2 Å². The molecule has 4 nitrogen and oxygen atoms in total. The van der Waals surface area contributed by atoms with E-state index in [2.05, 4.69) is 57.3 Å². The second-order valence-electron chi connectivity index (χ2n) is 15.7. The average molecular weight is 777 g/mol. The maximum absolute atomic E-state index is 13.7. The molecule has 0 radical (unpaired) electrons. The van der Waals surface area contributed by atoms with Crippen molar-refractivity contribution in [2.75, 3.05) is 0 Å². The lowest BCUT2D eigenvalue weighted by Crippen LogP contribution is -2.27. The van der Waals surface area contributed by atoms with E-state index in [4.69, 9.17) is 11.5 Å². The Labute approximate surface area is 338 Å². The van der Waals surface area contributed by atoms with Crippen molar-refractivity contribution >= 4 is 17.5 Å². The first-order valence-corrected chi connectivity index (χ1v) is 18.8. The molecule has 5 aromatic rings. The number of hydrogen-bond donors (Lipinski definition) is 1. The van der Waals surface area contributed by atoms with Crippen molar-refractivity contribution < 1.29 is 32.7 Å². The molecular weight excluding hydrogens is 734 g/mol. The summed E-state index contributed by atoms with van der Waals surface area (Å²) in [5.74, 6) is 12.0. The van der Waals surface area contributed by atoms with Gasteiger partial charge in [0.2, 0.25) is 0 Å². The van der Waals surface area contributed by atoms with Gasteiger partial charge in [-0.05, 0) is 139 Å². The van der Waals surface area contributed by atoms with E-state index in [-0.39, 0.29) is 39.6 Å². The summed E-state index contributed by atoms with van der Waals surface area (Å²) >= 11 is 0. The van der Waals surface area contributed by atoms with Gasteiger partial charge in [-0.25, -0.2) is 18.0 Å². The molecule has 0 atom stereocenters. The van der Waals surface area contributed by atoms with Crippen molar-refractivity contribution in [1.29, 1.82) is 0 Å². The fraction of sp³-hybridized carbons (Fsp3) is 0.235. The summed E-state index contributed by atoms with van der Waals surface area (Å²) in [6.07, 6.45) is 7.88. The summed E-state index contributed by atoms with van der Waals surface area (Å²) in [7, 11) is 0. The lowest BCUT2D eigenvalue weighted by Gasteiger charge is -2.31. The molecule has 0 fully saturated rings. The van der Waals surface area contributed by atoms with E-state index in [1.54, 1.807) is 44.2 Å². The monoisotopic (exact) mass is 776 g/mol. The van der Waals surface area contributed by atoms with Crippen LogP contribution >= 0.6 is 0 Å². The summed E-state index contributed by atoms with van der Waals surface area (Å²) in [6.45, 7) is 12.0. The number of hydrogen-bond acceptors (Lipinski definition) is 3. The zero-order valence-corrected chi connectivity index (χ0v) is 33.4. The van der Waals surface area contributed by atoms with Gasteiger partial charge < -0.3 is 5.11 Å². The zero-order chi connectivity index (χ0) is 42.4. The Balaban J connectivity index is 0.000000180. The minimum Gasteiger partial charge on any atom is -0.478 e. The minimum atomic E-state index is -1.31. The summed E-state index contributed by atoms with van der Waals surface area (Å²) in [5.41, 5.74) is 7.61. The first-order chi connectivity index (χ1) is 27.4. The number of carboxylic acids is 1. The highest BCUT2D eigenvalue weighted by atomic mass is 19.1. The molecule has 7 rings (SSSR count). The molecule has 2 aliphatic rings. The molecule has 0 bridgehead atoms. The summed E-state index contributed by atoms with van der Waals surface area (Å²) in [4.78, 5) is 35.0. The normalized spacial score (nSPS) is 14.2. The molecule has 0 aromatic heterocycles. The van der Waals surface area contributed by atoms with E-state index in [1.165, 1.54) is 24.3 Å². The maximum atomic E-state index is 13.7. The first-order valence-electron chi connectivity index (χ1n) is 18.8. The quantitative estimate of drug-likeness (QED) is 0.172. The molecule has 0 heterocycles. The summed E-state index contributed by atoms with van der Waals surface area (Å²) in [6, 6.07) is 24.8. The molecule has 5 aromatic carbocycles. The SMILES string of the molecule is C#Cc1ccc(C)c(F)c1.CC1(C)CCC(=O)c2ccc(C#Cc3ccc(C(=O)O)c(F)c3)cc21.Cc1ccc(C#Cc2ccc3c(c2)C(C)(C)CCC3=O)cc1F. The van der Waals surface area contributed by atoms with Crippen LogP contribution < -0.4 is 0 Å². The number of Topliss-reactive ketones (excluding diaryl/α,β-unsaturated/α-hetero) is 2. The number of carbonyl (C=O) groups excluding carboxylic acids is 2. The van der Waals surface area contributed by atoms with Crippen LogP contribution in [-0.4, -0.2) is 22.6 Å². The van der Waals surface area contributed by atoms with Gasteiger partial charge >= 0.3 is 5.97 Å². The number of benzene rings is 5. The van der Waals surface area contributed by atoms with E-state index in [0.717, 1.165) is 52.3 Å². The van der Waals surface area contributed by atoms with Crippen molar-refractivity contribution in [3.8, 4) is 36.0 Å². The van der Waals surface area contributed by atoms with Gasteiger partial charge in [0.1, 0.15) is 17.5 Å². The fourth-order valence-corrected chi connectivity index (χ4v) is 6.65. The molecule has 7 heteroatoms. The van der Waals surface area contributed by atoms with E-state index in [1.807, 2.05) is 30.3 Å². The Bertz CT molecular complexity index is 2620. The number of fused-ring (bicyclic) bond motifs is 2. The van der Waals surface area contributed by atoms with Crippen LogP contribution in [0.2, 0.25) is 0 Å². The highest BCUT2D eigenvalue weighted by Crippen LogP contribution is 2.38. The van der Waals surface area contributed by atoms with Crippen molar-refractivity contribution in [3.05, 3.63) is 175 Å². The van der Waals surface area contributed by atoms with Gasteiger partial charge in [-0.1, -0.05) is 69.4 Å². The zero-order valence-electron chi connectivity index (χ0n) is 33.4. The highest BCUT2D eigenvalue weighted by molar-refractivity contribution is 6.00. The lowest BCUT2D eigenvalue weighted by molar-refractivity contribution is 0.0691. The second kappa shape index (κ2) is 17.7. The van der Waals surface area contributed by atoms with Crippen molar-refractivity contribution in [3.63, 3.8) is 0 Å². The van der Waals surface area contributed by atoms with E-state index < -0.39 is 11.8 Å². The van der Waals surface area contributed by atoms with Crippen LogP contribution in [0.15, 0.2) is 91.0 Å². The third-order valence-corrected chi connectivity index (χ3v) is 10.5. The predicted molar refractivity (Wildman–Crippen MR) is 222 cm³/mol. The van der Waals surface area contributed by atoms with Crippen LogP contribution in [0.3, 0.4) is 0 Å². The molecule has 0 saturated carbocycles. The largest absolute Gasteiger partial charge is 0.478 e. The fourth-order valence-electron chi connectivity index (χ4n) is 6.65. The third-order valence-electron chi connectivity index (χ3n) is 10.5. The number of terminal acetylenes is 1. The second-order valence-corrected chi connectivity index (χ2v) is 15.7. The number of carboxylic acid groups (broad SMARTS) is 1. The molecule has 292 valence electrons. The maximum Gasteiger partial charge on any atom is 0.338 e. The van der Waals surface area contributed by atoms with Crippen LogP contribution in [-0.2, 0) is 10.8 Å². The smallest absolute Gasteiger partial charge is 0.338 e. The van der Waals surface area contributed by atoms with E-state index >= 15 is 0 Å². The molecule has 0 aliphatic heterocycles. The van der Waals surface area contributed by atoms with Crippen LogP contribution in [0.5, 0.6) is 0 Å². The van der Waals surface area contributed by atoms with Crippen LogP contribution in [0.25, 0.3) is 0 Å². The van der Waals surface area contributed by atoms with Gasteiger partial charge in [-0.15, -0.1) is 6.42 Å². The number of rotatable bonds is 1. The topological polar surface area (TPSA) is 71.4 Å². The Morgan fingerprint density at radius 2 is 0.931 bits per heavy atom. The molecule has 58 heavy (non-hydrogen) atoms. The van der Waals surface area contributed by atoms with Gasteiger partial charge in [0.25, 0.3) is 0 Å². The molecule has 0 saturated heterocycles. The van der Waals surface area contributed by atoms with Gasteiger partial charge in [0, 0.05) is 51.8 Å². The Morgan fingerprint density at radius 3 is 1.33 bits per heavy atom. The number of carbonyl (C=O) groups is 3. The molecule has 1 N–H and O–H groups in total. The summed E-state index contributed by atoms with van der Waals surface area (Å²) in [5, 5.41) is 8.84. The molecular formula is C51H43F3O4. The van der Waals surface area contributed by atoms with Gasteiger partial charge in [-0.3, -0.25) is 9.59 Å². The standard InChI is InChI=1S/C21H17FO3.C21H19FO.C9H7F/c1-21(2)10-9-19(23)15-7-5-13(11-17(15)21)3-4-14-6-8-16(20(24)25)18(22)12-14;1-14-4-5-16(13-19(14)22)7-6-15-8-9-17-18(12-15)21(2,3)11-10-20(17)23;1-3-8-5-4-7(2)9(10)6-8/h5-8,11-12H,9-10H2,1-2H3,(H,24,25);4-5,8-9,12-13H,10-11H2,1-3H3;1,4-6H,2H3. The first kappa shape index (κ1) is 42.5. The van der Waals surface area contributed by atoms with Crippen molar-refractivity contribution in [2.24, 2.45) is 0 Å². The molecule has 0 unspecified atom stereocenters. The molecule has 0 amide bonds. The molecule has 2 aliphatic carbocycles. The number of aromatic carboxylic acids is 1. The Morgan fingerprint density at radius 1 is 0.569 bits per heavy atom. The number of halogens is 3. The Hall–Kier alpha value is -6.62. The predicted octanol–water partition coefficient (Wildman–Crippen LogP) is 11.1. The van der Waals surface area contributed by atoms with Crippen molar-refractivity contribution in [1.82, 2.24) is 0 Å². The lowest BCUT2D eigenvalue weighted by atomic mass is 9.72. The van der Waals surface area contributed by atoms with E-state index in [0.29, 0.717) is 40.7 Å². The van der Waals surface area contributed by atoms with Gasteiger partial charge in [0.05, 0.1) is 5.56 Å². The Kier molecular flexibility index (Phi) is 13.0. The highest BCUT2D eigenvalue weighted by Gasteiger charge is 2.32. The van der Waals surface area contributed by atoms with Crippen LogP contribution in [0, 0.1) is 67.3 Å². The number of aryl methyl sites for hydroxylation is 2. The third kappa shape index (κ3) is 10.2. The van der Waals surface area contributed by atoms with Crippen molar-refractivity contribution in [2.45, 2.75) is 78.1 Å². The number of ketones is 2. The van der Waals surface area contributed by atoms with Crippen LogP contribution in [0.1, 0.15) is 135 Å².